The number of anilines is 5. The van der Waals surface area contributed by atoms with Gasteiger partial charge in [0.25, 0.3) is 5.91 Å². The van der Waals surface area contributed by atoms with Crippen molar-refractivity contribution in [3.63, 3.8) is 0 Å². The van der Waals surface area contributed by atoms with Gasteiger partial charge in [0.2, 0.25) is 0 Å². The number of nitrogens with one attached hydrogen (secondary N) is 3. The van der Waals surface area contributed by atoms with Crippen LogP contribution in [0.2, 0.25) is 0 Å². The van der Waals surface area contributed by atoms with Crippen LogP contribution in [0.25, 0.3) is 5.65 Å². The molecular formula is C29H36FN11O2. The van der Waals surface area contributed by atoms with Crippen LogP contribution in [0.15, 0.2) is 48.9 Å². The van der Waals surface area contributed by atoms with Crippen LogP contribution in [0, 0.1) is 5.82 Å². The van der Waals surface area contributed by atoms with Gasteiger partial charge >= 0.3 is 0 Å². The van der Waals surface area contributed by atoms with Crippen molar-refractivity contribution in [3.8, 4) is 0 Å². The van der Waals surface area contributed by atoms with Gasteiger partial charge in [0.15, 0.2) is 17.2 Å². The lowest BCUT2D eigenvalue weighted by Gasteiger charge is -2.35. The summed E-state index contributed by atoms with van der Waals surface area (Å²) < 4.78 is 15.7. The quantitative estimate of drug-likeness (QED) is 0.195. The van der Waals surface area contributed by atoms with Crippen LogP contribution in [0.4, 0.5) is 33.2 Å². The Morgan fingerprint density at radius 2 is 1.86 bits per heavy atom. The first kappa shape index (κ1) is 28.7. The van der Waals surface area contributed by atoms with Crippen LogP contribution < -0.4 is 26.6 Å². The predicted octanol–water partition coefficient (Wildman–Crippen LogP) is 2.45. The molecule has 0 spiro atoms. The molecule has 0 atom stereocenters. The van der Waals surface area contributed by atoms with Gasteiger partial charge in [0, 0.05) is 57.1 Å². The van der Waals surface area contributed by atoms with Crippen LogP contribution >= 0.6 is 0 Å². The minimum absolute atomic E-state index is 0.0133. The Morgan fingerprint density at radius 1 is 1.05 bits per heavy atom. The highest BCUT2D eigenvalue weighted by atomic mass is 19.1. The number of imidazole rings is 1. The van der Waals surface area contributed by atoms with E-state index in [2.05, 4.69) is 35.7 Å². The predicted molar refractivity (Wildman–Crippen MR) is 162 cm³/mol. The third kappa shape index (κ3) is 6.66. The standard InChI is InChI=1S/C29H36FN11O2/c30-21-17-32-9-8-22(21)36-29(43)24-18-33-28-23(16-26(38-41(24)28)34-20-6-4-19(31)5-7-20)35-25-2-1-3-27(37-25)40-12-10-39(11-13-40)14-15-42/h1-3,8-9,16-20,42H,4-7,10-15,31H2,(H,34,38)(H,35,37)(H,32,36,43)/t19-,20-. The number of pyridine rings is 2. The summed E-state index contributed by atoms with van der Waals surface area (Å²) in [5.41, 5.74) is 7.29. The number of rotatable bonds is 9. The zero-order valence-electron chi connectivity index (χ0n) is 23.8. The number of carbonyl (C=O) groups excluding carboxylic acids is 1. The van der Waals surface area contributed by atoms with E-state index in [4.69, 9.17) is 15.8 Å². The Kier molecular flexibility index (Phi) is 8.58. The fraction of sp³-hybridized carbons (Fsp3) is 0.414. The monoisotopic (exact) mass is 589 g/mol. The molecule has 14 heteroatoms. The summed E-state index contributed by atoms with van der Waals surface area (Å²) in [7, 11) is 0. The van der Waals surface area contributed by atoms with Crippen molar-refractivity contribution in [3.05, 3.63) is 60.4 Å². The van der Waals surface area contributed by atoms with Gasteiger partial charge in [0.05, 0.1) is 30.4 Å². The highest BCUT2D eigenvalue weighted by Gasteiger charge is 2.23. The summed E-state index contributed by atoms with van der Waals surface area (Å²) in [4.78, 5) is 30.8. The maximum Gasteiger partial charge on any atom is 0.276 e. The molecular weight excluding hydrogens is 553 g/mol. The van der Waals surface area contributed by atoms with E-state index in [0.29, 0.717) is 29.5 Å². The molecule has 13 nitrogen and oxygen atoms in total. The molecule has 4 aromatic rings. The lowest BCUT2D eigenvalue weighted by atomic mass is 9.92. The second-order valence-electron chi connectivity index (χ2n) is 10.9. The number of carbonyl (C=O) groups is 1. The fourth-order valence-corrected chi connectivity index (χ4v) is 5.57. The summed E-state index contributed by atoms with van der Waals surface area (Å²) in [6.07, 6.45) is 7.54. The molecule has 0 bridgehead atoms. The van der Waals surface area contributed by atoms with E-state index in [9.17, 15) is 14.3 Å². The van der Waals surface area contributed by atoms with Gasteiger partial charge in [-0.25, -0.2) is 18.9 Å². The molecule has 1 amide bonds. The van der Waals surface area contributed by atoms with Crippen molar-refractivity contribution >= 4 is 40.4 Å². The molecule has 1 saturated carbocycles. The number of aliphatic hydroxyl groups is 1. The highest BCUT2D eigenvalue weighted by Crippen LogP contribution is 2.28. The number of aromatic nitrogens is 5. The van der Waals surface area contributed by atoms with E-state index in [-0.39, 0.29) is 30.1 Å². The van der Waals surface area contributed by atoms with Gasteiger partial charge in [-0.05, 0) is 43.9 Å². The highest BCUT2D eigenvalue weighted by molar-refractivity contribution is 6.03. The normalized spacial score (nSPS) is 19.4. The van der Waals surface area contributed by atoms with Gasteiger partial charge in [0.1, 0.15) is 17.5 Å². The van der Waals surface area contributed by atoms with E-state index in [1.807, 2.05) is 24.3 Å². The van der Waals surface area contributed by atoms with Crippen molar-refractivity contribution in [2.24, 2.45) is 5.73 Å². The van der Waals surface area contributed by atoms with Crippen LogP contribution in [0.1, 0.15) is 36.2 Å². The molecule has 2 fully saturated rings. The molecule has 0 aromatic carbocycles. The molecule has 226 valence electrons. The number of aliphatic hydroxyl groups excluding tert-OH is 1. The molecule has 0 unspecified atom stereocenters. The Morgan fingerprint density at radius 3 is 2.63 bits per heavy atom. The summed E-state index contributed by atoms with van der Waals surface area (Å²) in [6.45, 7) is 4.16. The zero-order chi connectivity index (χ0) is 29.8. The van der Waals surface area contributed by atoms with Crippen molar-refractivity contribution in [2.75, 3.05) is 60.2 Å². The van der Waals surface area contributed by atoms with Gasteiger partial charge in [-0.1, -0.05) is 6.07 Å². The number of piperazine rings is 1. The van der Waals surface area contributed by atoms with E-state index in [1.54, 1.807) is 0 Å². The third-order valence-electron chi connectivity index (χ3n) is 7.95. The number of β-amino-alcohol motifs (C(OH)–C–C–N with tert-alkyl or cyclic N) is 1. The summed E-state index contributed by atoms with van der Waals surface area (Å²) in [5.74, 6) is 0.828. The van der Waals surface area contributed by atoms with Gasteiger partial charge in [-0.3, -0.25) is 14.7 Å². The van der Waals surface area contributed by atoms with Crippen LogP contribution in [0.3, 0.4) is 0 Å². The first-order valence-electron chi connectivity index (χ1n) is 14.6. The zero-order valence-corrected chi connectivity index (χ0v) is 23.8. The first-order chi connectivity index (χ1) is 21.0. The lowest BCUT2D eigenvalue weighted by molar-refractivity contribution is 0.102. The largest absolute Gasteiger partial charge is 0.395 e. The van der Waals surface area contributed by atoms with Crippen molar-refractivity contribution < 1.29 is 14.3 Å². The summed E-state index contributed by atoms with van der Waals surface area (Å²) in [5, 5.41) is 23.4. The molecule has 5 heterocycles. The number of nitrogens with two attached hydrogens (primary N) is 1. The first-order valence-corrected chi connectivity index (χ1v) is 14.6. The van der Waals surface area contributed by atoms with E-state index >= 15 is 0 Å². The molecule has 6 N–H and O–H groups in total. The second-order valence-corrected chi connectivity index (χ2v) is 10.9. The van der Waals surface area contributed by atoms with Crippen LogP contribution in [-0.4, -0.2) is 91.9 Å². The lowest BCUT2D eigenvalue weighted by Crippen LogP contribution is -2.47. The van der Waals surface area contributed by atoms with Crippen molar-refractivity contribution in [1.29, 1.82) is 0 Å². The molecule has 1 saturated heterocycles. The minimum Gasteiger partial charge on any atom is -0.395 e. The summed E-state index contributed by atoms with van der Waals surface area (Å²) >= 11 is 0. The Bertz CT molecular complexity index is 1570. The number of hydrogen-bond acceptors (Lipinski definition) is 11. The van der Waals surface area contributed by atoms with Gasteiger partial charge < -0.3 is 31.7 Å². The topological polar surface area (TPSA) is 162 Å². The average molecular weight is 590 g/mol. The molecule has 1 aliphatic heterocycles. The number of halogens is 1. The molecule has 2 aliphatic rings. The molecule has 1 aliphatic carbocycles. The number of fused-ring (bicyclic) bond motifs is 1. The van der Waals surface area contributed by atoms with Gasteiger partial charge in [-0.2, -0.15) is 0 Å². The number of hydrogen-bond donors (Lipinski definition) is 5. The maximum absolute atomic E-state index is 14.2. The molecule has 6 rings (SSSR count). The van der Waals surface area contributed by atoms with Crippen LogP contribution in [-0.2, 0) is 0 Å². The average Bonchev–Trinajstić information content (AvgIpc) is 3.45. The van der Waals surface area contributed by atoms with E-state index in [0.717, 1.165) is 63.9 Å². The van der Waals surface area contributed by atoms with E-state index in [1.165, 1.54) is 23.0 Å². The molecule has 4 aromatic heterocycles. The maximum atomic E-state index is 14.2. The number of amides is 1. The smallest absolute Gasteiger partial charge is 0.276 e. The fourth-order valence-electron chi connectivity index (χ4n) is 5.57. The van der Waals surface area contributed by atoms with E-state index < -0.39 is 11.7 Å². The third-order valence-corrected chi connectivity index (χ3v) is 7.95. The second kappa shape index (κ2) is 12.9. The Hall–Kier alpha value is -4.40. The van der Waals surface area contributed by atoms with Gasteiger partial charge in [-0.15, -0.1) is 5.10 Å². The number of nitrogens with zero attached hydrogens (tertiary/aromatic N) is 7. The van der Waals surface area contributed by atoms with Crippen molar-refractivity contribution in [1.82, 2.24) is 29.5 Å². The van der Waals surface area contributed by atoms with Crippen LogP contribution in [0.5, 0.6) is 0 Å². The SMILES string of the molecule is N[C@H]1CC[C@H](Nc2cc(Nc3cccc(N4CCN(CCO)CC4)n3)c3ncc(C(=O)Nc4ccncc4F)n3n2)CC1. The minimum atomic E-state index is -0.640. The van der Waals surface area contributed by atoms with Crippen molar-refractivity contribution in [2.45, 2.75) is 37.8 Å². The molecule has 43 heavy (non-hydrogen) atoms. The Balaban J connectivity index is 1.29. The molecule has 0 radical (unpaired) electrons. The summed E-state index contributed by atoms with van der Waals surface area (Å²) in [6, 6.07) is 9.45. The Labute approximate surface area is 248 Å².